The Hall–Kier alpha value is -2.90. The minimum atomic E-state index is -2.51. The molecule has 0 fully saturated rings. The van der Waals surface area contributed by atoms with Gasteiger partial charge < -0.3 is 10.6 Å². The van der Waals surface area contributed by atoms with Gasteiger partial charge in [-0.15, -0.1) is 0 Å². The van der Waals surface area contributed by atoms with Crippen molar-refractivity contribution >= 4 is 40.9 Å². The zero-order valence-electron chi connectivity index (χ0n) is 16.2. The highest BCUT2D eigenvalue weighted by atomic mass is 35.5. The number of amides is 2. The van der Waals surface area contributed by atoms with Crippen LogP contribution in [0.25, 0.3) is 0 Å². The lowest BCUT2D eigenvalue weighted by Crippen LogP contribution is -2.31. The maximum atomic E-state index is 12.7. The third-order valence-corrected chi connectivity index (χ3v) is 5.43. The van der Waals surface area contributed by atoms with Crippen LogP contribution in [0.4, 0.5) is 14.5 Å². The number of benzene rings is 3. The second-order valence-corrected chi connectivity index (χ2v) is 8.04. The van der Waals surface area contributed by atoms with Gasteiger partial charge in [0.15, 0.2) is 0 Å². The van der Waals surface area contributed by atoms with E-state index in [1.807, 2.05) is 30.3 Å². The van der Waals surface area contributed by atoms with E-state index in [-0.39, 0.29) is 18.2 Å². The van der Waals surface area contributed by atoms with E-state index in [4.69, 9.17) is 11.6 Å². The van der Waals surface area contributed by atoms with E-state index in [1.54, 1.807) is 36.4 Å². The number of halogens is 3. The van der Waals surface area contributed by atoms with E-state index in [2.05, 4.69) is 10.6 Å². The number of nitrogens with one attached hydrogen (secondary N) is 2. The molecule has 2 N–H and O–H groups in total. The van der Waals surface area contributed by atoms with Gasteiger partial charge in [-0.2, -0.15) is 8.78 Å². The van der Waals surface area contributed by atoms with Gasteiger partial charge in [0.1, 0.15) is 0 Å². The quantitative estimate of drug-likeness (QED) is 0.396. The maximum Gasteiger partial charge on any atom is 0.288 e. The average Bonchev–Trinajstić information content (AvgIpc) is 2.75. The van der Waals surface area contributed by atoms with Gasteiger partial charge in [0, 0.05) is 10.6 Å². The molecule has 31 heavy (non-hydrogen) atoms. The fraction of sp³-hybridized carbons (Fsp3) is 0.130. The summed E-state index contributed by atoms with van der Waals surface area (Å²) in [5.41, 5.74) is 1.56. The normalized spacial score (nSPS) is 11.7. The maximum absolute atomic E-state index is 12.7. The van der Waals surface area contributed by atoms with Crippen molar-refractivity contribution in [3.8, 4) is 0 Å². The standard InChI is InChI=1S/C23H19ClF2N2O2S/c24-19-9-5-4-8-18(19)22(30)28-20(15-6-2-1-3-7-15)14-21(29)27-16-10-12-17(13-11-16)31-23(25)26/h1-13,20,23H,14H2,(H,27,29)(H,28,30). The van der Waals surface area contributed by atoms with Crippen LogP contribution in [0.2, 0.25) is 5.02 Å². The lowest BCUT2D eigenvalue weighted by molar-refractivity contribution is -0.116. The van der Waals surface area contributed by atoms with Crippen LogP contribution in [0.15, 0.2) is 83.8 Å². The van der Waals surface area contributed by atoms with E-state index >= 15 is 0 Å². The van der Waals surface area contributed by atoms with Crippen LogP contribution in [-0.4, -0.2) is 17.6 Å². The van der Waals surface area contributed by atoms with Gasteiger partial charge in [0.05, 0.1) is 23.0 Å². The number of hydrogen-bond acceptors (Lipinski definition) is 3. The molecule has 1 atom stereocenters. The highest BCUT2D eigenvalue weighted by Gasteiger charge is 2.20. The predicted molar refractivity (Wildman–Crippen MR) is 120 cm³/mol. The number of anilines is 1. The van der Waals surface area contributed by atoms with Gasteiger partial charge in [0.25, 0.3) is 11.7 Å². The zero-order valence-corrected chi connectivity index (χ0v) is 17.8. The lowest BCUT2D eigenvalue weighted by atomic mass is 10.0. The van der Waals surface area contributed by atoms with Crippen LogP contribution in [0.5, 0.6) is 0 Å². The Morgan fingerprint density at radius 1 is 0.903 bits per heavy atom. The summed E-state index contributed by atoms with van der Waals surface area (Å²) in [7, 11) is 0. The van der Waals surface area contributed by atoms with Crippen LogP contribution >= 0.6 is 23.4 Å². The molecule has 0 aliphatic carbocycles. The summed E-state index contributed by atoms with van der Waals surface area (Å²) in [6, 6.07) is 21.4. The Morgan fingerprint density at radius 2 is 1.55 bits per heavy atom. The Bertz CT molecular complexity index is 1030. The topological polar surface area (TPSA) is 58.2 Å². The molecule has 0 radical (unpaired) electrons. The largest absolute Gasteiger partial charge is 0.345 e. The van der Waals surface area contributed by atoms with Crippen molar-refractivity contribution in [1.82, 2.24) is 5.32 Å². The van der Waals surface area contributed by atoms with E-state index in [0.717, 1.165) is 5.56 Å². The summed E-state index contributed by atoms with van der Waals surface area (Å²) in [6.07, 6.45) is -0.0201. The van der Waals surface area contributed by atoms with E-state index in [9.17, 15) is 18.4 Å². The molecule has 1 unspecified atom stereocenters. The van der Waals surface area contributed by atoms with Gasteiger partial charge in [-0.25, -0.2) is 0 Å². The van der Waals surface area contributed by atoms with Crippen molar-refractivity contribution < 1.29 is 18.4 Å². The van der Waals surface area contributed by atoms with Crippen molar-refractivity contribution in [3.05, 3.63) is 95.0 Å². The highest BCUT2D eigenvalue weighted by molar-refractivity contribution is 7.99. The van der Waals surface area contributed by atoms with Gasteiger partial charge in [-0.1, -0.05) is 65.8 Å². The number of hydrogen-bond donors (Lipinski definition) is 2. The van der Waals surface area contributed by atoms with Crippen molar-refractivity contribution in [2.24, 2.45) is 0 Å². The van der Waals surface area contributed by atoms with Crippen LogP contribution in [-0.2, 0) is 4.79 Å². The molecule has 3 aromatic carbocycles. The van der Waals surface area contributed by atoms with Crippen LogP contribution in [0.3, 0.4) is 0 Å². The van der Waals surface area contributed by atoms with E-state index in [1.165, 1.54) is 12.1 Å². The average molecular weight is 461 g/mol. The third-order valence-electron chi connectivity index (χ3n) is 4.38. The van der Waals surface area contributed by atoms with Crippen molar-refractivity contribution in [2.45, 2.75) is 23.1 Å². The molecular formula is C23H19ClF2N2O2S. The molecular weight excluding hydrogens is 442 g/mol. The Morgan fingerprint density at radius 3 is 2.19 bits per heavy atom. The van der Waals surface area contributed by atoms with Crippen LogP contribution < -0.4 is 10.6 Å². The van der Waals surface area contributed by atoms with Crippen molar-refractivity contribution in [1.29, 1.82) is 0 Å². The first-order valence-electron chi connectivity index (χ1n) is 9.37. The predicted octanol–water partition coefficient (Wildman–Crippen LogP) is 6.15. The minimum absolute atomic E-state index is 0.0201. The molecule has 2 amide bonds. The molecule has 160 valence electrons. The molecule has 0 saturated carbocycles. The van der Waals surface area contributed by atoms with Gasteiger partial charge in [-0.3, -0.25) is 9.59 Å². The van der Waals surface area contributed by atoms with Crippen molar-refractivity contribution in [3.63, 3.8) is 0 Å². The molecule has 3 rings (SSSR count). The molecule has 8 heteroatoms. The molecule has 0 aromatic heterocycles. The summed E-state index contributed by atoms with van der Waals surface area (Å²) in [4.78, 5) is 25.8. The first-order chi connectivity index (χ1) is 14.9. The minimum Gasteiger partial charge on any atom is -0.345 e. The molecule has 3 aromatic rings. The monoisotopic (exact) mass is 460 g/mol. The number of thioether (sulfide) groups is 1. The fourth-order valence-corrected chi connectivity index (χ4v) is 3.66. The molecule has 0 saturated heterocycles. The summed E-state index contributed by atoms with van der Waals surface area (Å²) in [5.74, 6) is -3.22. The summed E-state index contributed by atoms with van der Waals surface area (Å²) < 4.78 is 24.9. The number of alkyl halides is 2. The summed E-state index contributed by atoms with van der Waals surface area (Å²) in [6.45, 7) is 0. The lowest BCUT2D eigenvalue weighted by Gasteiger charge is -2.19. The number of rotatable bonds is 8. The van der Waals surface area contributed by atoms with Gasteiger partial charge in [-0.05, 0) is 42.0 Å². The zero-order chi connectivity index (χ0) is 22.2. The Balaban J connectivity index is 1.70. The van der Waals surface area contributed by atoms with Gasteiger partial charge >= 0.3 is 0 Å². The summed E-state index contributed by atoms with van der Waals surface area (Å²) >= 11 is 6.55. The SMILES string of the molecule is O=C(CC(NC(=O)c1ccccc1Cl)c1ccccc1)Nc1ccc(SC(F)F)cc1. The smallest absolute Gasteiger partial charge is 0.288 e. The van der Waals surface area contributed by atoms with Crippen molar-refractivity contribution in [2.75, 3.05) is 5.32 Å². The first-order valence-corrected chi connectivity index (χ1v) is 10.6. The van der Waals surface area contributed by atoms with Crippen LogP contribution in [0, 0.1) is 0 Å². The highest BCUT2D eigenvalue weighted by Crippen LogP contribution is 2.26. The molecule has 0 bridgehead atoms. The molecule has 0 spiro atoms. The third kappa shape index (κ3) is 6.80. The van der Waals surface area contributed by atoms with Crippen LogP contribution in [0.1, 0.15) is 28.4 Å². The van der Waals surface area contributed by atoms with E-state index < -0.39 is 11.8 Å². The Labute approximate surface area is 188 Å². The first kappa shape index (κ1) is 22.8. The molecule has 0 aliphatic rings. The van der Waals surface area contributed by atoms with E-state index in [0.29, 0.717) is 32.9 Å². The fourth-order valence-electron chi connectivity index (χ4n) is 2.94. The number of carbonyl (C=O) groups excluding carboxylic acids is 2. The second-order valence-electron chi connectivity index (χ2n) is 6.57. The molecule has 0 aliphatic heterocycles. The molecule has 0 heterocycles. The summed E-state index contributed by atoms with van der Waals surface area (Å²) in [5, 5.41) is 5.92. The molecule has 4 nitrogen and oxygen atoms in total. The number of carbonyl (C=O) groups is 2. The second kappa shape index (κ2) is 10.9. The van der Waals surface area contributed by atoms with Gasteiger partial charge in [0.2, 0.25) is 5.91 Å². The Kier molecular flexibility index (Phi) is 8.03.